The Labute approximate surface area is 219 Å². The summed E-state index contributed by atoms with van der Waals surface area (Å²) in [7, 11) is 0. The van der Waals surface area contributed by atoms with Gasteiger partial charge in [0.1, 0.15) is 11.4 Å². The Kier molecular flexibility index (Phi) is 6.67. The predicted octanol–water partition coefficient (Wildman–Crippen LogP) is 6.19. The number of hydrogen-bond acceptors (Lipinski definition) is 3. The van der Waals surface area contributed by atoms with Crippen molar-refractivity contribution in [2.45, 2.75) is 50.2 Å². The molecule has 0 spiro atoms. The summed E-state index contributed by atoms with van der Waals surface area (Å²) in [5.74, 6) is -15.0. The lowest BCUT2D eigenvalue weighted by atomic mass is 9.87. The van der Waals surface area contributed by atoms with E-state index in [1.807, 2.05) is 0 Å². The fraction of sp³-hybridized carbons (Fsp3) is 0.360. The van der Waals surface area contributed by atoms with E-state index in [0.29, 0.717) is 17.7 Å². The van der Waals surface area contributed by atoms with E-state index in [-0.39, 0.29) is 29.1 Å². The van der Waals surface area contributed by atoms with Crippen molar-refractivity contribution in [2.24, 2.45) is 0 Å². The molecule has 2 heterocycles. The van der Waals surface area contributed by atoms with Gasteiger partial charge >= 0.3 is 30.1 Å². The summed E-state index contributed by atoms with van der Waals surface area (Å²) in [6.07, 6.45) is -12.3. The van der Waals surface area contributed by atoms with Crippen LogP contribution in [0.1, 0.15) is 40.9 Å². The van der Waals surface area contributed by atoms with Crippen LogP contribution in [0, 0.1) is 0 Å². The maximum absolute atomic E-state index is 14.3. The minimum Gasteiger partial charge on any atom is -0.483 e. The van der Waals surface area contributed by atoms with Crippen LogP contribution in [0.15, 0.2) is 48.0 Å². The molecule has 1 N–H and O–H groups in total. The molecule has 0 bridgehead atoms. The van der Waals surface area contributed by atoms with Gasteiger partial charge in [0.25, 0.3) is 5.91 Å². The second kappa shape index (κ2) is 9.13. The molecule has 0 saturated carbocycles. The Morgan fingerprint density at radius 1 is 0.925 bits per heavy atom. The molecule has 4 rings (SSSR count). The average molecular weight is 584 g/mol. The van der Waals surface area contributed by atoms with Crippen LogP contribution >= 0.6 is 0 Å². The van der Waals surface area contributed by atoms with E-state index >= 15 is 0 Å². The van der Waals surface area contributed by atoms with Crippen molar-refractivity contribution in [1.82, 2.24) is 10.2 Å². The summed E-state index contributed by atoms with van der Waals surface area (Å²) in [4.78, 5) is 26.1. The largest absolute Gasteiger partial charge is 0.483 e. The summed E-state index contributed by atoms with van der Waals surface area (Å²) in [5, 5.41) is 1.43. The Morgan fingerprint density at radius 3 is 2.12 bits per heavy atom. The molecule has 40 heavy (non-hydrogen) atoms. The van der Waals surface area contributed by atoms with E-state index in [1.165, 1.54) is 37.4 Å². The molecule has 15 heteroatoms. The molecule has 5 nitrogen and oxygen atoms in total. The second-order valence-corrected chi connectivity index (χ2v) is 9.53. The van der Waals surface area contributed by atoms with Crippen LogP contribution in [-0.4, -0.2) is 47.1 Å². The van der Waals surface area contributed by atoms with E-state index in [9.17, 15) is 53.5 Å². The van der Waals surface area contributed by atoms with E-state index in [0.717, 1.165) is 11.0 Å². The van der Waals surface area contributed by atoms with Gasteiger partial charge in [0.2, 0.25) is 0 Å². The molecule has 0 aromatic heterocycles. The highest BCUT2D eigenvalue weighted by Gasteiger charge is 2.63. The van der Waals surface area contributed by atoms with Gasteiger partial charge in [-0.1, -0.05) is 18.2 Å². The zero-order valence-corrected chi connectivity index (χ0v) is 20.4. The van der Waals surface area contributed by atoms with E-state index in [4.69, 9.17) is 4.74 Å². The molecular formula is C25H18F10N2O3. The SMILES string of the molecule is CC1(C)Oc2ccc(C(F)(F)C(F)(F)F)cc2C(N2Cc3ccccc3C2=O)=C1CNC(=O)C(F)(F)C(F)(F)F. The lowest BCUT2D eigenvalue weighted by molar-refractivity contribution is -0.289. The van der Waals surface area contributed by atoms with Gasteiger partial charge in [-0.3, -0.25) is 9.59 Å². The molecule has 0 atom stereocenters. The summed E-state index contributed by atoms with van der Waals surface area (Å²) in [6.45, 7) is 1.21. The van der Waals surface area contributed by atoms with Crippen molar-refractivity contribution in [1.29, 1.82) is 0 Å². The summed E-state index contributed by atoms with van der Waals surface area (Å²) < 4.78 is 139. The number of carbonyl (C=O) groups is 2. The monoisotopic (exact) mass is 584 g/mol. The maximum Gasteiger partial charge on any atom is 0.463 e. The summed E-state index contributed by atoms with van der Waals surface area (Å²) in [6, 6.07) is 7.65. The average Bonchev–Trinajstić information content (AvgIpc) is 3.16. The number of halogens is 10. The van der Waals surface area contributed by atoms with Gasteiger partial charge in [0.15, 0.2) is 0 Å². The first-order valence-electron chi connectivity index (χ1n) is 11.3. The Morgan fingerprint density at radius 2 is 1.55 bits per heavy atom. The van der Waals surface area contributed by atoms with Crippen molar-refractivity contribution >= 4 is 17.5 Å². The van der Waals surface area contributed by atoms with Crippen molar-refractivity contribution in [3.05, 3.63) is 70.3 Å². The van der Waals surface area contributed by atoms with E-state index in [2.05, 4.69) is 0 Å². The third-order valence-electron chi connectivity index (χ3n) is 6.49. The molecule has 2 amide bonds. The highest BCUT2D eigenvalue weighted by Crippen LogP contribution is 2.49. The number of benzene rings is 2. The molecule has 0 unspecified atom stereocenters. The number of nitrogens with one attached hydrogen (secondary N) is 1. The normalized spacial score (nSPS) is 17.4. The van der Waals surface area contributed by atoms with Crippen molar-refractivity contribution < 1.29 is 58.2 Å². The minimum absolute atomic E-state index is 0.129. The first-order valence-corrected chi connectivity index (χ1v) is 11.3. The molecule has 2 aromatic carbocycles. The molecular weight excluding hydrogens is 566 g/mol. The fourth-order valence-corrected chi connectivity index (χ4v) is 4.40. The number of fused-ring (bicyclic) bond motifs is 2. The Balaban J connectivity index is 1.90. The van der Waals surface area contributed by atoms with Gasteiger partial charge in [0, 0.05) is 28.8 Å². The summed E-state index contributed by atoms with van der Waals surface area (Å²) >= 11 is 0. The van der Waals surface area contributed by atoms with Gasteiger partial charge in [-0.05, 0) is 43.7 Å². The van der Waals surface area contributed by atoms with E-state index in [1.54, 1.807) is 6.07 Å². The third-order valence-corrected chi connectivity index (χ3v) is 6.49. The number of hydrogen-bond donors (Lipinski definition) is 1. The van der Waals surface area contributed by atoms with Gasteiger partial charge in [-0.25, -0.2) is 0 Å². The molecule has 216 valence electrons. The third kappa shape index (κ3) is 4.64. The lowest BCUT2D eigenvalue weighted by Crippen LogP contribution is -2.52. The lowest BCUT2D eigenvalue weighted by Gasteiger charge is -2.40. The van der Waals surface area contributed by atoms with Gasteiger partial charge < -0.3 is 15.0 Å². The van der Waals surface area contributed by atoms with Crippen molar-refractivity contribution in [3.8, 4) is 5.75 Å². The topological polar surface area (TPSA) is 58.6 Å². The maximum atomic E-state index is 14.3. The fourth-order valence-electron chi connectivity index (χ4n) is 4.40. The molecule has 0 aliphatic carbocycles. The van der Waals surface area contributed by atoms with Crippen molar-refractivity contribution in [3.63, 3.8) is 0 Å². The van der Waals surface area contributed by atoms with Crippen LogP contribution < -0.4 is 10.1 Å². The van der Waals surface area contributed by atoms with Crippen LogP contribution in [0.4, 0.5) is 43.9 Å². The van der Waals surface area contributed by atoms with Crippen LogP contribution in [0.25, 0.3) is 5.70 Å². The predicted molar refractivity (Wildman–Crippen MR) is 118 cm³/mol. The molecule has 0 saturated heterocycles. The number of ether oxygens (including phenoxy) is 1. The zero-order valence-electron chi connectivity index (χ0n) is 20.4. The number of amides is 2. The Bertz CT molecular complexity index is 1410. The molecule has 2 aliphatic heterocycles. The second-order valence-electron chi connectivity index (χ2n) is 9.53. The smallest absolute Gasteiger partial charge is 0.463 e. The minimum atomic E-state index is -6.25. The van der Waals surface area contributed by atoms with E-state index < -0.39 is 59.3 Å². The molecule has 2 aliphatic rings. The van der Waals surface area contributed by atoms with Gasteiger partial charge in [0.05, 0.1) is 12.2 Å². The molecule has 0 fully saturated rings. The van der Waals surface area contributed by atoms with Crippen molar-refractivity contribution in [2.75, 3.05) is 6.54 Å². The molecule has 0 radical (unpaired) electrons. The zero-order chi connectivity index (χ0) is 30.1. The highest BCUT2D eigenvalue weighted by atomic mass is 19.4. The standard InChI is InChI=1S/C25H18F10N2O3/c1-21(2)16(10-36-20(39)23(28,29)25(33,34)35)18(37-11-12-5-3-4-6-14(12)19(37)38)15-9-13(7-8-17(15)40-21)22(26,27)24(30,31)32/h3-9H,10-11H2,1-2H3,(H,36,39). The van der Waals surface area contributed by atoms with Crippen LogP contribution in [0.2, 0.25) is 0 Å². The quantitative estimate of drug-likeness (QED) is 0.427. The number of alkyl halides is 10. The highest BCUT2D eigenvalue weighted by molar-refractivity contribution is 6.04. The number of carbonyl (C=O) groups excluding carboxylic acids is 2. The molecule has 2 aromatic rings. The van der Waals surface area contributed by atoms with Crippen LogP contribution in [0.3, 0.4) is 0 Å². The van der Waals surface area contributed by atoms with Crippen LogP contribution in [-0.2, 0) is 17.3 Å². The van der Waals surface area contributed by atoms with Gasteiger partial charge in [-0.2, -0.15) is 43.9 Å². The van der Waals surface area contributed by atoms with Crippen LogP contribution in [0.5, 0.6) is 5.75 Å². The number of rotatable bonds is 5. The first kappa shape index (κ1) is 29.2. The number of nitrogens with zero attached hydrogens (tertiary/aromatic N) is 1. The van der Waals surface area contributed by atoms with Gasteiger partial charge in [-0.15, -0.1) is 0 Å². The first-order chi connectivity index (χ1) is 18.2. The summed E-state index contributed by atoms with van der Waals surface area (Å²) in [5.41, 5.74) is -3.89. The Hall–Kier alpha value is -3.78.